The number of hydrogen-bond donors (Lipinski definition) is 1. The number of nitrogens with one attached hydrogen (secondary N) is 1. The molecule has 3 aromatic rings. The van der Waals surface area contributed by atoms with Gasteiger partial charge in [0.25, 0.3) is 5.91 Å². The first kappa shape index (κ1) is 17.3. The fraction of sp³-hybridized carbons (Fsp3) is 0.0588. The number of anilines is 1. The van der Waals surface area contributed by atoms with Crippen LogP contribution in [0.25, 0.3) is 6.08 Å². The molecule has 0 atom stereocenters. The maximum atomic E-state index is 13.2. The molecule has 3 rings (SSSR count). The van der Waals surface area contributed by atoms with E-state index in [1.165, 1.54) is 29.2 Å². The van der Waals surface area contributed by atoms with Crippen molar-refractivity contribution in [1.29, 1.82) is 0 Å². The van der Waals surface area contributed by atoms with Crippen molar-refractivity contribution in [2.24, 2.45) is 0 Å². The number of carbonyl (C=O) groups excluding carboxylic acids is 1. The number of rotatable bonds is 5. The number of nitrogens with zero attached hydrogens (tertiary/aromatic N) is 4. The van der Waals surface area contributed by atoms with Crippen LogP contribution >= 0.6 is 0 Å². The summed E-state index contributed by atoms with van der Waals surface area (Å²) in [6.45, 7) is 3.59. The fourth-order valence-electron chi connectivity index (χ4n) is 2.17. The van der Waals surface area contributed by atoms with E-state index >= 15 is 0 Å². The van der Waals surface area contributed by atoms with Crippen LogP contribution < -0.4 is 5.32 Å². The summed E-state index contributed by atoms with van der Waals surface area (Å²) >= 11 is 0. The second-order valence-electron chi connectivity index (χ2n) is 5.31. The summed E-state index contributed by atoms with van der Waals surface area (Å²) in [6, 6.07) is 4.87. The molecule has 0 aliphatic rings. The zero-order valence-electron chi connectivity index (χ0n) is 13.3. The molecule has 1 N–H and O–H groups in total. The van der Waals surface area contributed by atoms with Crippen LogP contribution in [0.2, 0.25) is 0 Å². The van der Waals surface area contributed by atoms with Crippen LogP contribution in [-0.4, -0.2) is 25.7 Å². The summed E-state index contributed by atoms with van der Waals surface area (Å²) in [4.78, 5) is 16.1. The van der Waals surface area contributed by atoms with Gasteiger partial charge in [0.15, 0.2) is 29.0 Å². The molecule has 1 amide bonds. The summed E-state index contributed by atoms with van der Waals surface area (Å²) in [5.41, 5.74) is 0.833. The van der Waals surface area contributed by atoms with Gasteiger partial charge in [0.2, 0.25) is 0 Å². The molecule has 2 heterocycles. The second-order valence-corrected chi connectivity index (χ2v) is 5.31. The standard InChI is InChI=1S/C17H12F3N5O/c1-2-11-3-4-14(24-23-11)17(26)22-15-8-25(9-21-15)7-10-5-12(18)16(20)13(19)6-10/h2-6,8-9H,1,7H2,(H,22,26). The van der Waals surface area contributed by atoms with Gasteiger partial charge in [-0.3, -0.25) is 4.79 Å². The van der Waals surface area contributed by atoms with Crippen molar-refractivity contribution in [3.63, 3.8) is 0 Å². The van der Waals surface area contributed by atoms with Gasteiger partial charge in [0.05, 0.1) is 12.0 Å². The lowest BCUT2D eigenvalue weighted by Gasteiger charge is -2.04. The van der Waals surface area contributed by atoms with Crippen molar-refractivity contribution >= 4 is 17.8 Å². The topological polar surface area (TPSA) is 72.7 Å². The molecule has 0 aliphatic heterocycles. The van der Waals surface area contributed by atoms with Gasteiger partial charge in [-0.15, -0.1) is 5.10 Å². The van der Waals surface area contributed by atoms with Crippen molar-refractivity contribution in [2.75, 3.05) is 5.32 Å². The molecule has 0 unspecified atom stereocenters. The Morgan fingerprint density at radius 3 is 2.54 bits per heavy atom. The van der Waals surface area contributed by atoms with E-state index in [0.717, 1.165) is 12.1 Å². The van der Waals surface area contributed by atoms with Crippen molar-refractivity contribution in [2.45, 2.75) is 6.54 Å². The van der Waals surface area contributed by atoms with Crippen molar-refractivity contribution < 1.29 is 18.0 Å². The second kappa shape index (κ2) is 7.18. The monoisotopic (exact) mass is 359 g/mol. The largest absolute Gasteiger partial charge is 0.331 e. The molecule has 6 nitrogen and oxygen atoms in total. The van der Waals surface area contributed by atoms with Crippen LogP contribution in [-0.2, 0) is 6.54 Å². The number of benzene rings is 1. The van der Waals surface area contributed by atoms with E-state index in [1.54, 1.807) is 6.07 Å². The molecule has 26 heavy (non-hydrogen) atoms. The van der Waals surface area contributed by atoms with Crippen molar-refractivity contribution in [3.8, 4) is 0 Å². The molecule has 0 fully saturated rings. The Balaban J connectivity index is 1.69. The van der Waals surface area contributed by atoms with Gasteiger partial charge in [-0.2, -0.15) is 5.10 Å². The number of halogens is 3. The highest BCUT2D eigenvalue weighted by atomic mass is 19.2. The van der Waals surface area contributed by atoms with E-state index < -0.39 is 23.4 Å². The van der Waals surface area contributed by atoms with Crippen LogP contribution in [0.1, 0.15) is 21.7 Å². The van der Waals surface area contributed by atoms with Crippen LogP contribution in [0.15, 0.2) is 43.4 Å². The van der Waals surface area contributed by atoms with E-state index in [0.29, 0.717) is 5.69 Å². The number of hydrogen-bond acceptors (Lipinski definition) is 4. The first-order chi connectivity index (χ1) is 12.5. The Morgan fingerprint density at radius 2 is 1.92 bits per heavy atom. The quantitative estimate of drug-likeness (QED) is 0.711. The predicted octanol–water partition coefficient (Wildman–Crippen LogP) is 3.03. The summed E-state index contributed by atoms with van der Waals surface area (Å²) in [5, 5.41) is 10.1. The van der Waals surface area contributed by atoms with Gasteiger partial charge < -0.3 is 9.88 Å². The number of aromatic nitrogens is 4. The summed E-state index contributed by atoms with van der Waals surface area (Å²) in [7, 11) is 0. The molecular weight excluding hydrogens is 347 g/mol. The summed E-state index contributed by atoms with van der Waals surface area (Å²) in [6.07, 6.45) is 4.32. The predicted molar refractivity (Wildman–Crippen MR) is 87.7 cm³/mol. The van der Waals surface area contributed by atoms with Crippen LogP contribution in [0.5, 0.6) is 0 Å². The Bertz CT molecular complexity index is 946. The van der Waals surface area contributed by atoms with Crippen LogP contribution in [0, 0.1) is 17.5 Å². The Labute approximate surface area is 146 Å². The minimum absolute atomic E-state index is 0.0465. The molecule has 0 saturated carbocycles. The van der Waals surface area contributed by atoms with E-state index in [1.807, 2.05) is 0 Å². The van der Waals surface area contributed by atoms with E-state index in [4.69, 9.17) is 0 Å². The Morgan fingerprint density at radius 1 is 1.19 bits per heavy atom. The van der Waals surface area contributed by atoms with Gasteiger partial charge in [-0.25, -0.2) is 18.2 Å². The molecule has 0 aliphatic carbocycles. The average Bonchev–Trinajstić information content (AvgIpc) is 3.06. The molecule has 0 bridgehead atoms. The molecule has 9 heteroatoms. The zero-order valence-corrected chi connectivity index (χ0v) is 13.3. The third-order valence-electron chi connectivity index (χ3n) is 3.41. The molecule has 0 radical (unpaired) electrons. The highest BCUT2D eigenvalue weighted by Crippen LogP contribution is 2.15. The third kappa shape index (κ3) is 3.77. The lowest BCUT2D eigenvalue weighted by molar-refractivity contribution is 0.102. The third-order valence-corrected chi connectivity index (χ3v) is 3.41. The maximum absolute atomic E-state index is 13.2. The van der Waals surface area contributed by atoms with Gasteiger partial charge in [-0.05, 0) is 35.9 Å². The summed E-state index contributed by atoms with van der Waals surface area (Å²) < 4.78 is 40.9. The molecule has 2 aromatic heterocycles. The molecule has 1 aromatic carbocycles. The SMILES string of the molecule is C=Cc1ccc(C(=O)Nc2cn(Cc3cc(F)c(F)c(F)c3)cn2)nn1. The zero-order chi connectivity index (χ0) is 18.7. The average molecular weight is 359 g/mol. The lowest BCUT2D eigenvalue weighted by atomic mass is 10.2. The van der Waals surface area contributed by atoms with Gasteiger partial charge in [0, 0.05) is 12.7 Å². The van der Waals surface area contributed by atoms with E-state index in [-0.39, 0.29) is 23.6 Å². The summed E-state index contributed by atoms with van der Waals surface area (Å²) in [5.74, 6) is -4.36. The van der Waals surface area contributed by atoms with E-state index in [2.05, 4.69) is 27.1 Å². The minimum Gasteiger partial charge on any atom is -0.331 e. The normalized spacial score (nSPS) is 10.6. The first-order valence-electron chi connectivity index (χ1n) is 7.39. The molecule has 132 valence electrons. The smallest absolute Gasteiger partial charge is 0.277 e. The van der Waals surface area contributed by atoms with Gasteiger partial charge in [-0.1, -0.05) is 6.58 Å². The van der Waals surface area contributed by atoms with Gasteiger partial charge >= 0.3 is 0 Å². The van der Waals surface area contributed by atoms with Crippen molar-refractivity contribution in [3.05, 3.63) is 77.8 Å². The van der Waals surface area contributed by atoms with E-state index in [9.17, 15) is 18.0 Å². The Hall–Kier alpha value is -3.49. The van der Waals surface area contributed by atoms with Crippen LogP contribution in [0.3, 0.4) is 0 Å². The highest BCUT2D eigenvalue weighted by Gasteiger charge is 2.12. The minimum atomic E-state index is -1.52. The molecule has 0 saturated heterocycles. The van der Waals surface area contributed by atoms with Gasteiger partial charge in [0.1, 0.15) is 0 Å². The Kier molecular flexibility index (Phi) is 4.78. The first-order valence-corrected chi connectivity index (χ1v) is 7.39. The maximum Gasteiger partial charge on any atom is 0.277 e. The molecular formula is C17H12F3N5O. The van der Waals surface area contributed by atoms with Crippen molar-refractivity contribution in [1.82, 2.24) is 19.7 Å². The number of carbonyl (C=O) groups is 1. The lowest BCUT2D eigenvalue weighted by Crippen LogP contribution is -2.14. The molecule has 0 spiro atoms. The fourth-order valence-corrected chi connectivity index (χ4v) is 2.17. The highest BCUT2D eigenvalue weighted by molar-refractivity contribution is 6.02. The van der Waals surface area contributed by atoms with Crippen LogP contribution in [0.4, 0.5) is 19.0 Å². The number of imidazole rings is 1. The number of amides is 1.